The van der Waals surface area contributed by atoms with Gasteiger partial charge in [0.2, 0.25) is 0 Å². The van der Waals surface area contributed by atoms with Gasteiger partial charge in [-0.05, 0) is 37.1 Å². The summed E-state index contributed by atoms with van der Waals surface area (Å²) in [6, 6.07) is 7.69. The van der Waals surface area contributed by atoms with Gasteiger partial charge in [-0.2, -0.15) is 0 Å². The van der Waals surface area contributed by atoms with Crippen LogP contribution in [0, 0.1) is 0 Å². The summed E-state index contributed by atoms with van der Waals surface area (Å²) in [5, 5.41) is 13.5. The lowest BCUT2D eigenvalue weighted by molar-refractivity contribution is 0.152. The first-order valence-electron chi connectivity index (χ1n) is 7.04. The van der Waals surface area contributed by atoms with Crippen molar-refractivity contribution in [1.82, 2.24) is 10.2 Å². The predicted molar refractivity (Wildman–Crippen MR) is 76.5 cm³/mol. The van der Waals surface area contributed by atoms with E-state index in [0.29, 0.717) is 0 Å². The zero-order valence-electron chi connectivity index (χ0n) is 11.6. The van der Waals surface area contributed by atoms with Crippen molar-refractivity contribution in [2.75, 3.05) is 39.8 Å². The maximum Gasteiger partial charge on any atom is 0.119 e. The van der Waals surface area contributed by atoms with Gasteiger partial charge < -0.3 is 20.1 Å². The van der Waals surface area contributed by atoms with Crippen molar-refractivity contribution in [3.05, 3.63) is 29.8 Å². The second-order valence-electron chi connectivity index (χ2n) is 5.03. The third-order valence-electron chi connectivity index (χ3n) is 3.64. The van der Waals surface area contributed by atoms with Crippen LogP contribution < -0.4 is 10.1 Å². The van der Waals surface area contributed by atoms with Crippen LogP contribution in [0.1, 0.15) is 24.5 Å². The van der Waals surface area contributed by atoms with E-state index in [1.165, 1.54) is 0 Å². The predicted octanol–water partition coefficient (Wildman–Crippen LogP) is 1.41. The van der Waals surface area contributed by atoms with Crippen molar-refractivity contribution in [2.45, 2.75) is 18.9 Å². The zero-order valence-corrected chi connectivity index (χ0v) is 11.6. The van der Waals surface area contributed by atoms with Gasteiger partial charge in [0.05, 0.1) is 13.2 Å². The summed E-state index contributed by atoms with van der Waals surface area (Å²) in [4.78, 5) is 2.45. The summed E-state index contributed by atoms with van der Waals surface area (Å²) in [7, 11) is 1.65. The van der Waals surface area contributed by atoms with Crippen LogP contribution in [0.15, 0.2) is 24.3 Å². The molecular weight excluding hydrogens is 240 g/mol. The maximum atomic E-state index is 10.2. The molecule has 19 heavy (non-hydrogen) atoms. The Labute approximate surface area is 115 Å². The molecule has 1 atom stereocenters. The lowest BCUT2D eigenvalue weighted by atomic mass is 10.0. The number of hydrogen-bond donors (Lipinski definition) is 2. The van der Waals surface area contributed by atoms with E-state index >= 15 is 0 Å². The van der Waals surface area contributed by atoms with E-state index in [2.05, 4.69) is 10.2 Å². The smallest absolute Gasteiger partial charge is 0.119 e. The first kappa shape index (κ1) is 14.3. The van der Waals surface area contributed by atoms with E-state index in [1.807, 2.05) is 24.3 Å². The molecule has 2 rings (SSSR count). The Morgan fingerprint density at radius 1 is 1.37 bits per heavy atom. The normalized spacial score (nSPS) is 18.2. The highest BCUT2D eigenvalue weighted by Gasteiger charge is 2.12. The van der Waals surface area contributed by atoms with E-state index in [-0.39, 0.29) is 0 Å². The van der Waals surface area contributed by atoms with Gasteiger partial charge in [0.15, 0.2) is 0 Å². The Kier molecular flexibility index (Phi) is 5.63. The van der Waals surface area contributed by atoms with Gasteiger partial charge in [-0.15, -0.1) is 0 Å². The minimum atomic E-state index is -0.391. The van der Waals surface area contributed by atoms with Crippen LogP contribution in [-0.2, 0) is 0 Å². The van der Waals surface area contributed by atoms with Crippen LogP contribution in [-0.4, -0.2) is 49.8 Å². The fraction of sp³-hybridized carbons (Fsp3) is 0.600. The standard InChI is InChI=1S/C15H24N2O2/c1-19-14-5-2-4-13(12-14)15(18)6-3-9-17-10-7-16-8-11-17/h2,4-5,12,15-16,18H,3,6-11H2,1H3. The number of hydrogen-bond acceptors (Lipinski definition) is 4. The summed E-state index contributed by atoms with van der Waals surface area (Å²) in [5.41, 5.74) is 0.944. The molecule has 1 heterocycles. The van der Waals surface area contributed by atoms with Gasteiger partial charge in [-0.25, -0.2) is 0 Å². The quantitative estimate of drug-likeness (QED) is 0.815. The highest BCUT2D eigenvalue weighted by atomic mass is 16.5. The largest absolute Gasteiger partial charge is 0.497 e. The SMILES string of the molecule is COc1cccc(C(O)CCCN2CCNCC2)c1. The molecule has 1 aromatic carbocycles. The lowest BCUT2D eigenvalue weighted by Crippen LogP contribution is -2.43. The molecule has 0 amide bonds. The average Bonchev–Trinajstić information content (AvgIpc) is 2.48. The van der Waals surface area contributed by atoms with E-state index in [9.17, 15) is 5.11 Å². The minimum Gasteiger partial charge on any atom is -0.497 e. The maximum absolute atomic E-state index is 10.2. The second-order valence-corrected chi connectivity index (χ2v) is 5.03. The molecule has 1 aromatic rings. The summed E-state index contributed by atoms with van der Waals surface area (Å²) in [6.45, 7) is 5.48. The van der Waals surface area contributed by atoms with Crippen molar-refractivity contribution in [3.8, 4) is 5.75 Å². The van der Waals surface area contributed by atoms with Crippen LogP contribution in [0.3, 0.4) is 0 Å². The number of aliphatic hydroxyl groups is 1. The topological polar surface area (TPSA) is 44.7 Å². The van der Waals surface area contributed by atoms with Gasteiger partial charge in [0, 0.05) is 26.2 Å². The zero-order chi connectivity index (χ0) is 13.5. The number of benzene rings is 1. The van der Waals surface area contributed by atoms with Gasteiger partial charge in [-0.1, -0.05) is 12.1 Å². The monoisotopic (exact) mass is 264 g/mol. The Morgan fingerprint density at radius 3 is 2.89 bits per heavy atom. The molecule has 4 nitrogen and oxygen atoms in total. The molecule has 1 aliphatic rings. The Morgan fingerprint density at radius 2 is 2.16 bits per heavy atom. The van der Waals surface area contributed by atoms with Crippen LogP contribution >= 0.6 is 0 Å². The highest BCUT2D eigenvalue weighted by Crippen LogP contribution is 2.22. The van der Waals surface area contributed by atoms with Crippen molar-refractivity contribution in [2.24, 2.45) is 0 Å². The van der Waals surface area contributed by atoms with Crippen LogP contribution in [0.2, 0.25) is 0 Å². The molecule has 2 N–H and O–H groups in total. The number of piperazine rings is 1. The van der Waals surface area contributed by atoms with E-state index < -0.39 is 6.10 Å². The van der Waals surface area contributed by atoms with Crippen molar-refractivity contribution >= 4 is 0 Å². The summed E-state index contributed by atoms with van der Waals surface area (Å²) in [6.07, 6.45) is 1.44. The van der Waals surface area contributed by atoms with E-state index in [4.69, 9.17) is 4.74 Å². The Balaban J connectivity index is 1.75. The van der Waals surface area contributed by atoms with Crippen molar-refractivity contribution in [1.29, 1.82) is 0 Å². The molecule has 1 aliphatic heterocycles. The molecule has 0 radical (unpaired) electrons. The number of methoxy groups -OCH3 is 1. The molecule has 0 aliphatic carbocycles. The van der Waals surface area contributed by atoms with Crippen LogP contribution in [0.4, 0.5) is 0 Å². The molecule has 0 spiro atoms. The number of aliphatic hydroxyl groups excluding tert-OH is 1. The third-order valence-corrected chi connectivity index (χ3v) is 3.64. The molecule has 106 valence electrons. The van der Waals surface area contributed by atoms with Gasteiger partial charge >= 0.3 is 0 Å². The average molecular weight is 264 g/mol. The molecule has 0 bridgehead atoms. The number of nitrogens with zero attached hydrogens (tertiary/aromatic N) is 1. The molecule has 0 aromatic heterocycles. The molecule has 0 saturated carbocycles. The summed E-state index contributed by atoms with van der Waals surface area (Å²) >= 11 is 0. The molecule has 1 saturated heterocycles. The molecule has 1 unspecified atom stereocenters. The number of ether oxygens (including phenoxy) is 1. The Bertz CT molecular complexity index is 378. The van der Waals surface area contributed by atoms with Gasteiger partial charge in [0.25, 0.3) is 0 Å². The molecular formula is C15H24N2O2. The lowest BCUT2D eigenvalue weighted by Gasteiger charge is -2.27. The summed E-state index contributed by atoms with van der Waals surface area (Å²) < 4.78 is 5.18. The van der Waals surface area contributed by atoms with Crippen molar-refractivity contribution in [3.63, 3.8) is 0 Å². The van der Waals surface area contributed by atoms with E-state index in [0.717, 1.165) is 56.9 Å². The van der Waals surface area contributed by atoms with Crippen LogP contribution in [0.5, 0.6) is 5.75 Å². The number of nitrogens with one attached hydrogen (secondary N) is 1. The third kappa shape index (κ3) is 4.49. The fourth-order valence-corrected chi connectivity index (χ4v) is 2.46. The molecule has 4 heteroatoms. The van der Waals surface area contributed by atoms with Gasteiger partial charge in [-0.3, -0.25) is 0 Å². The van der Waals surface area contributed by atoms with Gasteiger partial charge in [0.1, 0.15) is 5.75 Å². The highest BCUT2D eigenvalue weighted by molar-refractivity contribution is 5.29. The van der Waals surface area contributed by atoms with Crippen LogP contribution in [0.25, 0.3) is 0 Å². The Hall–Kier alpha value is -1.10. The van der Waals surface area contributed by atoms with E-state index in [1.54, 1.807) is 7.11 Å². The first-order valence-corrected chi connectivity index (χ1v) is 7.04. The fourth-order valence-electron chi connectivity index (χ4n) is 2.46. The minimum absolute atomic E-state index is 0.391. The van der Waals surface area contributed by atoms with Crippen molar-refractivity contribution < 1.29 is 9.84 Å². The first-order chi connectivity index (χ1) is 9.29. The molecule has 1 fully saturated rings. The summed E-state index contributed by atoms with van der Waals surface area (Å²) in [5.74, 6) is 0.804. The second kappa shape index (κ2) is 7.48. The number of rotatable bonds is 6.